The highest BCUT2D eigenvalue weighted by molar-refractivity contribution is 5.31. The molecule has 0 spiro atoms. The molecule has 1 aliphatic rings. The van der Waals surface area contributed by atoms with Crippen LogP contribution in [-0.4, -0.2) is 54.4 Å². The number of benzene rings is 1. The van der Waals surface area contributed by atoms with E-state index in [1.165, 1.54) is 12.8 Å². The van der Waals surface area contributed by atoms with E-state index in [4.69, 9.17) is 14.0 Å². The zero-order valence-corrected chi connectivity index (χ0v) is 14.9. The van der Waals surface area contributed by atoms with E-state index >= 15 is 0 Å². The minimum Gasteiger partial charge on any atom is -0.497 e. The van der Waals surface area contributed by atoms with E-state index in [-0.39, 0.29) is 0 Å². The molecule has 0 unspecified atom stereocenters. The molecule has 1 fully saturated rings. The number of ether oxygens (including phenoxy) is 2. The van der Waals surface area contributed by atoms with Gasteiger partial charge in [0.25, 0.3) is 0 Å². The molecule has 7 heteroatoms. The first-order valence-electron chi connectivity index (χ1n) is 8.75. The van der Waals surface area contributed by atoms with Gasteiger partial charge in [-0.05, 0) is 43.7 Å². The first-order chi connectivity index (χ1) is 12.2. The van der Waals surface area contributed by atoms with Crippen LogP contribution >= 0.6 is 0 Å². The van der Waals surface area contributed by atoms with Gasteiger partial charge in [0.2, 0.25) is 5.89 Å². The quantitative estimate of drug-likeness (QED) is 0.733. The van der Waals surface area contributed by atoms with Crippen molar-refractivity contribution in [2.75, 3.05) is 33.4 Å². The fourth-order valence-electron chi connectivity index (χ4n) is 3.08. The van der Waals surface area contributed by atoms with Crippen molar-refractivity contribution in [2.45, 2.75) is 32.4 Å². The summed E-state index contributed by atoms with van der Waals surface area (Å²) in [5.41, 5.74) is 0. The molecular formula is C18H26N4O3. The van der Waals surface area contributed by atoms with Gasteiger partial charge in [0.05, 0.1) is 13.7 Å². The maximum Gasteiger partial charge on any atom is 0.223 e. The number of hydrogen-bond donors (Lipinski definition) is 1. The first kappa shape index (κ1) is 17.7. The lowest BCUT2D eigenvalue weighted by atomic mass is 10.1. The summed E-state index contributed by atoms with van der Waals surface area (Å²) < 4.78 is 15.9. The number of methoxy groups -OCH3 is 1. The molecule has 25 heavy (non-hydrogen) atoms. The molecule has 0 amide bonds. The second-order valence-electron chi connectivity index (χ2n) is 6.28. The summed E-state index contributed by atoms with van der Waals surface area (Å²) in [5.74, 6) is 3.09. The van der Waals surface area contributed by atoms with Crippen LogP contribution in [0.15, 0.2) is 28.8 Å². The number of likely N-dealkylation sites (tertiary alicyclic amines) is 1. The van der Waals surface area contributed by atoms with E-state index in [1.807, 2.05) is 31.2 Å². The van der Waals surface area contributed by atoms with E-state index in [0.29, 0.717) is 18.5 Å². The zero-order chi connectivity index (χ0) is 17.5. The Balaban J connectivity index is 1.36. The summed E-state index contributed by atoms with van der Waals surface area (Å²) in [4.78, 5) is 6.65. The van der Waals surface area contributed by atoms with Crippen molar-refractivity contribution in [1.82, 2.24) is 20.4 Å². The molecule has 7 nitrogen and oxygen atoms in total. The van der Waals surface area contributed by atoms with E-state index in [1.54, 1.807) is 7.11 Å². The predicted octanol–water partition coefficient (Wildman–Crippen LogP) is 2.02. The largest absolute Gasteiger partial charge is 0.497 e. The average molecular weight is 346 g/mol. The third-order valence-electron chi connectivity index (χ3n) is 4.30. The Morgan fingerprint density at radius 1 is 1.28 bits per heavy atom. The highest BCUT2D eigenvalue weighted by atomic mass is 16.5. The van der Waals surface area contributed by atoms with Crippen molar-refractivity contribution in [1.29, 1.82) is 0 Å². The second-order valence-corrected chi connectivity index (χ2v) is 6.28. The van der Waals surface area contributed by atoms with Crippen LogP contribution < -0.4 is 14.8 Å². The normalized spacial score (nSPS) is 18.2. The molecule has 136 valence electrons. The van der Waals surface area contributed by atoms with Gasteiger partial charge in [-0.25, -0.2) is 0 Å². The van der Waals surface area contributed by atoms with Gasteiger partial charge in [-0.1, -0.05) is 5.16 Å². The summed E-state index contributed by atoms with van der Waals surface area (Å²) in [6.07, 6.45) is 2.36. The van der Waals surface area contributed by atoms with Crippen LogP contribution in [-0.2, 0) is 6.54 Å². The van der Waals surface area contributed by atoms with Crippen molar-refractivity contribution in [3.63, 3.8) is 0 Å². The highest BCUT2D eigenvalue weighted by Crippen LogP contribution is 2.17. The fraction of sp³-hybridized carbons (Fsp3) is 0.556. The van der Waals surface area contributed by atoms with E-state index < -0.39 is 0 Å². The second kappa shape index (κ2) is 8.82. The molecule has 2 aromatic rings. The van der Waals surface area contributed by atoms with Crippen molar-refractivity contribution >= 4 is 0 Å². The Hall–Kier alpha value is -2.12. The summed E-state index contributed by atoms with van der Waals surface area (Å²) >= 11 is 0. The fourth-order valence-corrected chi connectivity index (χ4v) is 3.08. The Bertz CT molecular complexity index is 644. The van der Waals surface area contributed by atoms with Crippen LogP contribution in [0.5, 0.6) is 11.5 Å². The Morgan fingerprint density at radius 3 is 2.80 bits per heavy atom. The van der Waals surface area contributed by atoms with Gasteiger partial charge in [-0.15, -0.1) is 0 Å². The molecule has 0 aliphatic carbocycles. The molecule has 1 aromatic heterocycles. The topological polar surface area (TPSA) is 72.7 Å². The van der Waals surface area contributed by atoms with Gasteiger partial charge in [-0.3, -0.25) is 4.90 Å². The molecule has 1 aromatic carbocycles. The molecule has 0 radical (unpaired) electrons. The number of hydrogen-bond acceptors (Lipinski definition) is 7. The zero-order valence-electron chi connectivity index (χ0n) is 14.9. The van der Waals surface area contributed by atoms with E-state index in [9.17, 15) is 0 Å². The maximum absolute atomic E-state index is 5.76. The number of nitrogens with one attached hydrogen (secondary N) is 1. The lowest BCUT2D eigenvalue weighted by Gasteiger charge is -2.32. The van der Waals surface area contributed by atoms with Gasteiger partial charge < -0.3 is 19.3 Å². The van der Waals surface area contributed by atoms with Gasteiger partial charge in [0.15, 0.2) is 5.82 Å². The summed E-state index contributed by atoms with van der Waals surface area (Å²) in [5, 5.41) is 7.56. The molecular weight excluding hydrogens is 320 g/mol. The Morgan fingerprint density at radius 2 is 2.08 bits per heavy atom. The van der Waals surface area contributed by atoms with E-state index in [2.05, 4.69) is 20.4 Å². The SMILES string of the molecule is COc1ccc(OCCN[C@H]2CCCN(Cc3noc(C)n3)C2)cc1. The van der Waals surface area contributed by atoms with Crippen LogP contribution in [0, 0.1) is 6.92 Å². The van der Waals surface area contributed by atoms with Crippen LogP contribution in [0.4, 0.5) is 0 Å². The minimum atomic E-state index is 0.473. The van der Waals surface area contributed by atoms with Crippen LogP contribution in [0.1, 0.15) is 24.6 Å². The molecule has 1 N–H and O–H groups in total. The van der Waals surface area contributed by atoms with Crippen molar-refractivity contribution in [3.8, 4) is 11.5 Å². The predicted molar refractivity (Wildman–Crippen MR) is 93.8 cm³/mol. The Kier molecular flexibility index (Phi) is 6.25. The first-order valence-corrected chi connectivity index (χ1v) is 8.75. The number of aromatic nitrogens is 2. The lowest BCUT2D eigenvalue weighted by molar-refractivity contribution is 0.173. The van der Waals surface area contributed by atoms with Gasteiger partial charge >= 0.3 is 0 Å². The highest BCUT2D eigenvalue weighted by Gasteiger charge is 2.20. The van der Waals surface area contributed by atoms with Gasteiger partial charge in [-0.2, -0.15) is 4.98 Å². The van der Waals surface area contributed by atoms with Crippen molar-refractivity contribution < 1.29 is 14.0 Å². The minimum absolute atomic E-state index is 0.473. The van der Waals surface area contributed by atoms with Crippen LogP contribution in [0.2, 0.25) is 0 Å². The molecule has 0 saturated carbocycles. The number of piperidine rings is 1. The third-order valence-corrected chi connectivity index (χ3v) is 4.30. The smallest absolute Gasteiger partial charge is 0.223 e. The van der Waals surface area contributed by atoms with Crippen LogP contribution in [0.3, 0.4) is 0 Å². The summed E-state index contributed by atoms with van der Waals surface area (Å²) in [6.45, 7) is 6.11. The molecule has 3 rings (SSSR count). The number of nitrogens with zero attached hydrogens (tertiary/aromatic N) is 3. The van der Waals surface area contributed by atoms with Gasteiger partial charge in [0, 0.05) is 26.1 Å². The maximum atomic E-state index is 5.76. The lowest BCUT2D eigenvalue weighted by Crippen LogP contribution is -2.46. The van der Waals surface area contributed by atoms with E-state index in [0.717, 1.165) is 43.5 Å². The van der Waals surface area contributed by atoms with Crippen molar-refractivity contribution in [2.24, 2.45) is 0 Å². The summed E-state index contributed by atoms with van der Waals surface area (Å²) in [6, 6.07) is 8.13. The number of rotatable bonds is 8. The van der Waals surface area contributed by atoms with Crippen LogP contribution in [0.25, 0.3) is 0 Å². The summed E-state index contributed by atoms with van der Waals surface area (Å²) in [7, 11) is 1.66. The third kappa shape index (κ3) is 5.44. The Labute approximate surface area is 148 Å². The molecule has 1 atom stereocenters. The van der Waals surface area contributed by atoms with Crippen molar-refractivity contribution in [3.05, 3.63) is 36.0 Å². The number of aryl methyl sites for hydroxylation is 1. The standard InChI is InChI=1S/C18H26N4O3/c1-14-20-18(21-25-14)13-22-10-3-4-15(12-22)19-9-11-24-17-7-5-16(23-2)6-8-17/h5-8,15,19H,3-4,9-13H2,1-2H3/t15-/m0/s1. The molecule has 2 heterocycles. The average Bonchev–Trinajstić information content (AvgIpc) is 3.04. The monoisotopic (exact) mass is 346 g/mol. The molecule has 1 saturated heterocycles. The molecule has 1 aliphatic heterocycles. The molecule has 0 bridgehead atoms. The van der Waals surface area contributed by atoms with Gasteiger partial charge in [0.1, 0.15) is 18.1 Å².